The topological polar surface area (TPSA) is 120 Å². The Bertz CT molecular complexity index is 1450. The average Bonchev–Trinajstić information content (AvgIpc) is 3.15. The van der Waals surface area contributed by atoms with Crippen molar-refractivity contribution in [2.75, 3.05) is 13.7 Å². The Morgan fingerprint density at radius 1 is 1.12 bits per heavy atom. The molecule has 178 valence electrons. The number of urea groups is 1. The number of halogens is 1. The number of imidazole rings is 1. The molecule has 1 atom stereocenters. The molecule has 0 saturated heterocycles. The second-order valence-electron chi connectivity index (χ2n) is 7.78. The number of allylic oxidation sites excluding steroid dienone is 1. The quantitative estimate of drug-likeness (QED) is 0.393. The molecule has 2 amide bonds. The molecule has 0 radical (unpaired) electrons. The Kier molecular flexibility index (Phi) is 6.17. The van der Waals surface area contributed by atoms with Gasteiger partial charge in [-0.3, -0.25) is 18.8 Å². The molecule has 0 aliphatic carbocycles. The molecule has 11 nitrogen and oxygen atoms in total. The number of hydrogen-bond donors (Lipinski definition) is 1. The van der Waals surface area contributed by atoms with Crippen LogP contribution in [-0.4, -0.2) is 49.2 Å². The smallest absolute Gasteiger partial charge is 0.338 e. The zero-order chi connectivity index (χ0) is 24.7. The van der Waals surface area contributed by atoms with Crippen molar-refractivity contribution < 1.29 is 14.3 Å². The number of carbonyl (C=O) groups is 2. The predicted molar refractivity (Wildman–Crippen MR) is 127 cm³/mol. The van der Waals surface area contributed by atoms with Gasteiger partial charge in [0.25, 0.3) is 5.56 Å². The molecule has 12 heteroatoms. The summed E-state index contributed by atoms with van der Waals surface area (Å²) in [6.07, 6.45) is 0. The SMILES string of the molecule is CCOC(=O)C1=C(Cn2c(Br)nc3c2c(=O)n(C)c(=O)n3C)N(C)C(=O)NC1c1ccccc1. The van der Waals surface area contributed by atoms with Crippen LogP contribution >= 0.6 is 15.9 Å². The summed E-state index contributed by atoms with van der Waals surface area (Å²) in [6, 6.07) is 7.91. The summed E-state index contributed by atoms with van der Waals surface area (Å²) in [5, 5.41) is 2.85. The number of aryl methyl sites for hydroxylation is 1. The highest BCUT2D eigenvalue weighted by Crippen LogP contribution is 2.32. The van der Waals surface area contributed by atoms with E-state index >= 15 is 0 Å². The molecule has 4 rings (SSSR count). The van der Waals surface area contributed by atoms with Gasteiger partial charge in [-0.05, 0) is 28.4 Å². The van der Waals surface area contributed by atoms with Crippen LogP contribution in [0.15, 0.2) is 55.9 Å². The van der Waals surface area contributed by atoms with Gasteiger partial charge in [0, 0.05) is 21.1 Å². The van der Waals surface area contributed by atoms with Gasteiger partial charge in [0.1, 0.15) is 0 Å². The predicted octanol–water partition coefficient (Wildman–Crippen LogP) is 1.41. The summed E-state index contributed by atoms with van der Waals surface area (Å²) in [5.74, 6) is -0.584. The van der Waals surface area contributed by atoms with E-state index in [0.29, 0.717) is 11.3 Å². The van der Waals surface area contributed by atoms with Crippen LogP contribution in [-0.2, 0) is 30.2 Å². The second kappa shape index (κ2) is 8.93. The van der Waals surface area contributed by atoms with Crippen LogP contribution in [0.5, 0.6) is 0 Å². The molecule has 2 aromatic heterocycles. The van der Waals surface area contributed by atoms with Crippen molar-refractivity contribution >= 4 is 39.1 Å². The molecule has 1 N–H and O–H groups in total. The number of nitrogens with zero attached hydrogens (tertiary/aromatic N) is 5. The average molecular weight is 531 g/mol. The minimum Gasteiger partial charge on any atom is -0.463 e. The van der Waals surface area contributed by atoms with Crippen LogP contribution in [0, 0.1) is 0 Å². The van der Waals surface area contributed by atoms with Crippen LogP contribution in [0.1, 0.15) is 18.5 Å². The van der Waals surface area contributed by atoms with Crippen LogP contribution < -0.4 is 16.6 Å². The first-order valence-corrected chi connectivity index (χ1v) is 11.3. The minimum atomic E-state index is -0.750. The molecule has 34 heavy (non-hydrogen) atoms. The number of amides is 2. The van der Waals surface area contributed by atoms with Crippen LogP contribution in [0.25, 0.3) is 11.2 Å². The highest BCUT2D eigenvalue weighted by molar-refractivity contribution is 9.10. The summed E-state index contributed by atoms with van der Waals surface area (Å²) >= 11 is 3.37. The van der Waals surface area contributed by atoms with E-state index in [9.17, 15) is 19.2 Å². The number of nitrogens with one attached hydrogen (secondary N) is 1. The maximum absolute atomic E-state index is 13.1. The van der Waals surface area contributed by atoms with E-state index in [4.69, 9.17) is 4.74 Å². The minimum absolute atomic E-state index is 0.0497. The lowest BCUT2D eigenvalue weighted by molar-refractivity contribution is -0.139. The number of rotatable bonds is 5. The molecule has 3 heterocycles. The molecule has 1 aromatic carbocycles. The molecule has 0 saturated carbocycles. The maximum Gasteiger partial charge on any atom is 0.338 e. The zero-order valence-electron chi connectivity index (χ0n) is 19.0. The fraction of sp³-hybridized carbons (Fsp3) is 0.318. The van der Waals surface area contributed by atoms with Crippen LogP contribution in [0.2, 0.25) is 0 Å². The third kappa shape index (κ3) is 3.73. The van der Waals surface area contributed by atoms with Gasteiger partial charge in [-0.15, -0.1) is 0 Å². The van der Waals surface area contributed by atoms with Crippen molar-refractivity contribution in [2.45, 2.75) is 19.5 Å². The summed E-state index contributed by atoms with van der Waals surface area (Å²) < 4.78 is 9.39. The largest absolute Gasteiger partial charge is 0.463 e. The molecule has 1 aliphatic rings. The van der Waals surface area contributed by atoms with E-state index in [1.165, 1.54) is 35.2 Å². The summed E-state index contributed by atoms with van der Waals surface area (Å²) in [4.78, 5) is 57.0. The molecule has 1 aliphatic heterocycles. The maximum atomic E-state index is 13.1. The molecule has 3 aromatic rings. The van der Waals surface area contributed by atoms with Gasteiger partial charge in [-0.1, -0.05) is 30.3 Å². The normalized spacial score (nSPS) is 16.2. The first-order chi connectivity index (χ1) is 16.2. The number of esters is 1. The van der Waals surface area contributed by atoms with Crippen LogP contribution in [0.3, 0.4) is 0 Å². The van der Waals surface area contributed by atoms with Crippen molar-refractivity contribution in [1.29, 1.82) is 0 Å². The van der Waals surface area contributed by atoms with Gasteiger partial charge in [0.15, 0.2) is 15.9 Å². The van der Waals surface area contributed by atoms with Crippen molar-refractivity contribution in [1.82, 2.24) is 28.9 Å². The number of carbonyl (C=O) groups excluding carboxylic acids is 2. The third-order valence-corrected chi connectivity index (χ3v) is 6.42. The fourth-order valence-electron chi connectivity index (χ4n) is 4.01. The number of fused-ring (bicyclic) bond motifs is 1. The van der Waals surface area contributed by atoms with Crippen LogP contribution in [0.4, 0.5) is 4.79 Å². The zero-order valence-corrected chi connectivity index (χ0v) is 20.6. The molecular weight excluding hydrogens is 508 g/mol. The van der Waals surface area contributed by atoms with Gasteiger partial charge >= 0.3 is 17.7 Å². The van der Waals surface area contributed by atoms with Gasteiger partial charge in [0.2, 0.25) is 0 Å². The van der Waals surface area contributed by atoms with Crippen molar-refractivity contribution in [3.8, 4) is 0 Å². The Morgan fingerprint density at radius 2 is 1.79 bits per heavy atom. The Balaban J connectivity index is 1.98. The standard InChI is InChI=1S/C22H23BrN6O5/c1-5-34-19(31)14-13(26(2)21(32)24-15(14)12-9-7-6-8-10-12)11-29-16-17(25-20(29)23)27(3)22(33)28(4)18(16)30/h6-10,15H,5,11H2,1-4H3,(H,24,32). The molecule has 0 fully saturated rings. The van der Waals surface area contributed by atoms with Gasteiger partial charge < -0.3 is 14.6 Å². The summed E-state index contributed by atoms with van der Waals surface area (Å²) in [7, 11) is 4.43. The second-order valence-corrected chi connectivity index (χ2v) is 8.49. The number of benzene rings is 1. The number of hydrogen-bond acceptors (Lipinski definition) is 6. The first-order valence-electron chi connectivity index (χ1n) is 10.5. The van der Waals surface area contributed by atoms with E-state index in [0.717, 1.165) is 4.57 Å². The number of likely N-dealkylation sites (N-methyl/N-ethyl adjacent to an activating group) is 1. The fourth-order valence-corrected chi connectivity index (χ4v) is 4.48. The third-order valence-electron chi connectivity index (χ3n) is 5.81. The van der Waals surface area contributed by atoms with E-state index in [2.05, 4.69) is 26.2 Å². The van der Waals surface area contributed by atoms with E-state index in [-0.39, 0.29) is 34.6 Å². The first kappa shape index (κ1) is 23.5. The van der Waals surface area contributed by atoms with E-state index in [1.54, 1.807) is 19.1 Å². The van der Waals surface area contributed by atoms with Gasteiger partial charge in [-0.25, -0.2) is 19.4 Å². The van der Waals surface area contributed by atoms with Crippen molar-refractivity contribution in [3.05, 3.63) is 72.7 Å². The summed E-state index contributed by atoms with van der Waals surface area (Å²) in [5.41, 5.74) is 0.565. The lowest BCUT2D eigenvalue weighted by atomic mass is 9.94. The van der Waals surface area contributed by atoms with E-state index < -0.39 is 29.3 Å². The molecular formula is C22H23BrN6O5. The Labute approximate surface area is 202 Å². The molecule has 0 bridgehead atoms. The summed E-state index contributed by atoms with van der Waals surface area (Å²) in [6.45, 7) is 1.80. The lowest BCUT2D eigenvalue weighted by Crippen LogP contribution is -2.47. The number of aromatic nitrogens is 4. The van der Waals surface area contributed by atoms with Crippen molar-refractivity contribution in [2.24, 2.45) is 14.1 Å². The Hall–Kier alpha value is -3.67. The highest BCUT2D eigenvalue weighted by atomic mass is 79.9. The monoisotopic (exact) mass is 530 g/mol. The van der Waals surface area contributed by atoms with Gasteiger partial charge in [0.05, 0.1) is 30.5 Å². The van der Waals surface area contributed by atoms with Gasteiger partial charge in [-0.2, -0.15) is 0 Å². The Morgan fingerprint density at radius 3 is 2.44 bits per heavy atom. The molecule has 0 spiro atoms. The number of ether oxygens (including phenoxy) is 1. The lowest BCUT2D eigenvalue weighted by Gasteiger charge is -2.34. The van der Waals surface area contributed by atoms with E-state index in [1.807, 2.05) is 18.2 Å². The van der Waals surface area contributed by atoms with Crippen molar-refractivity contribution in [3.63, 3.8) is 0 Å². The molecule has 1 unspecified atom stereocenters. The highest BCUT2D eigenvalue weighted by Gasteiger charge is 2.37.